The molecule has 0 N–H and O–H groups in total. The van der Waals surface area contributed by atoms with Gasteiger partial charge in [-0.05, 0) is 36.5 Å². The van der Waals surface area contributed by atoms with Gasteiger partial charge in [0.05, 0.1) is 10.0 Å². The van der Waals surface area contributed by atoms with Crippen LogP contribution in [0.3, 0.4) is 0 Å². The number of hydrogen-bond acceptors (Lipinski definition) is 0. The van der Waals surface area contributed by atoms with Crippen molar-refractivity contribution < 1.29 is 0 Å². The molecule has 3 heteroatoms. The van der Waals surface area contributed by atoms with E-state index in [-0.39, 0.29) is 0 Å². The van der Waals surface area contributed by atoms with Crippen molar-refractivity contribution in [1.82, 2.24) is 0 Å². The topological polar surface area (TPSA) is 0 Å². The van der Waals surface area contributed by atoms with Crippen LogP contribution in [0.2, 0.25) is 10.0 Å². The van der Waals surface area contributed by atoms with E-state index in [0.29, 0.717) is 14.9 Å². The molecule has 0 radical (unpaired) electrons. The van der Waals surface area contributed by atoms with Crippen LogP contribution in [0.5, 0.6) is 0 Å². The fourth-order valence-corrected chi connectivity index (χ4v) is 4.01. The third kappa shape index (κ3) is 4.43. The predicted octanol–water partition coefficient (Wildman–Crippen LogP) is 6.27. The zero-order valence-corrected chi connectivity index (χ0v) is 13.6. The second kappa shape index (κ2) is 7.17. The van der Waals surface area contributed by atoms with Crippen molar-refractivity contribution in [1.29, 1.82) is 0 Å². The van der Waals surface area contributed by atoms with Gasteiger partial charge in [-0.2, -0.15) is 0 Å². The second-order valence-corrected chi connectivity index (χ2v) is 7.40. The highest BCUT2D eigenvalue weighted by Gasteiger charge is 2.17. The summed E-state index contributed by atoms with van der Waals surface area (Å²) in [6, 6.07) is 5.95. The van der Waals surface area contributed by atoms with E-state index in [1.807, 2.05) is 12.1 Å². The maximum atomic E-state index is 6.04. The third-order valence-corrected chi connectivity index (χ3v) is 5.19. The SMILES string of the molecule is Clc1ccc(CC(Br)CC2CCCCC2)cc1Cl. The molecule has 0 aliphatic heterocycles. The van der Waals surface area contributed by atoms with Gasteiger partial charge in [0, 0.05) is 4.83 Å². The Balaban J connectivity index is 1.85. The summed E-state index contributed by atoms with van der Waals surface area (Å²) < 4.78 is 0. The molecule has 0 amide bonds. The van der Waals surface area contributed by atoms with Crippen molar-refractivity contribution >= 4 is 39.1 Å². The molecule has 0 aromatic heterocycles. The minimum absolute atomic E-state index is 0.554. The van der Waals surface area contributed by atoms with Gasteiger partial charge in [-0.1, -0.05) is 77.3 Å². The molecular weight excluding hydrogens is 331 g/mol. The molecule has 100 valence electrons. The molecule has 1 aliphatic rings. The largest absolute Gasteiger partial charge is 0.0887 e. The van der Waals surface area contributed by atoms with Gasteiger partial charge in [-0.25, -0.2) is 0 Å². The Morgan fingerprint density at radius 1 is 1.11 bits per heavy atom. The Hall–Kier alpha value is 0.280. The van der Waals surface area contributed by atoms with Crippen LogP contribution in [0.4, 0.5) is 0 Å². The molecule has 1 aromatic carbocycles. The fourth-order valence-electron chi connectivity index (χ4n) is 2.79. The lowest BCUT2D eigenvalue weighted by Crippen LogP contribution is -2.13. The molecule has 0 spiro atoms. The average molecular weight is 350 g/mol. The maximum Gasteiger partial charge on any atom is 0.0595 e. The van der Waals surface area contributed by atoms with E-state index in [0.717, 1.165) is 12.3 Å². The van der Waals surface area contributed by atoms with Crippen LogP contribution in [0, 0.1) is 5.92 Å². The van der Waals surface area contributed by atoms with Gasteiger partial charge in [-0.3, -0.25) is 0 Å². The summed E-state index contributed by atoms with van der Waals surface area (Å²) in [7, 11) is 0. The van der Waals surface area contributed by atoms with Crippen molar-refractivity contribution in [2.75, 3.05) is 0 Å². The molecule has 1 aromatic rings. The first-order chi connectivity index (χ1) is 8.65. The van der Waals surface area contributed by atoms with E-state index in [1.165, 1.54) is 44.1 Å². The van der Waals surface area contributed by atoms with E-state index < -0.39 is 0 Å². The maximum absolute atomic E-state index is 6.04. The van der Waals surface area contributed by atoms with Gasteiger partial charge in [0.2, 0.25) is 0 Å². The molecular formula is C15H19BrCl2. The van der Waals surface area contributed by atoms with E-state index in [1.54, 1.807) is 0 Å². The van der Waals surface area contributed by atoms with E-state index in [4.69, 9.17) is 23.2 Å². The van der Waals surface area contributed by atoms with Crippen LogP contribution in [-0.2, 0) is 6.42 Å². The number of alkyl halides is 1. The summed E-state index contributed by atoms with van der Waals surface area (Å²) in [6.07, 6.45) is 9.38. The highest BCUT2D eigenvalue weighted by Crippen LogP contribution is 2.31. The smallest absolute Gasteiger partial charge is 0.0595 e. The van der Waals surface area contributed by atoms with Crippen LogP contribution in [0.1, 0.15) is 44.1 Å². The Labute approximate surface area is 128 Å². The van der Waals surface area contributed by atoms with Gasteiger partial charge in [0.1, 0.15) is 0 Å². The first-order valence-corrected chi connectivity index (χ1v) is 8.40. The first-order valence-electron chi connectivity index (χ1n) is 6.73. The molecule has 18 heavy (non-hydrogen) atoms. The molecule has 1 unspecified atom stereocenters. The molecule has 0 saturated heterocycles. The molecule has 1 saturated carbocycles. The van der Waals surface area contributed by atoms with Crippen LogP contribution >= 0.6 is 39.1 Å². The number of rotatable bonds is 4. The van der Waals surface area contributed by atoms with Gasteiger partial charge in [-0.15, -0.1) is 0 Å². The lowest BCUT2D eigenvalue weighted by molar-refractivity contribution is 0.337. The second-order valence-electron chi connectivity index (χ2n) is 5.29. The molecule has 1 fully saturated rings. The summed E-state index contributed by atoms with van der Waals surface area (Å²) in [6.45, 7) is 0. The third-order valence-electron chi connectivity index (χ3n) is 3.76. The summed E-state index contributed by atoms with van der Waals surface area (Å²) in [5, 5.41) is 1.30. The minimum atomic E-state index is 0.554. The molecule has 0 bridgehead atoms. The van der Waals surface area contributed by atoms with Crippen molar-refractivity contribution in [3.05, 3.63) is 33.8 Å². The Kier molecular flexibility index (Phi) is 5.85. The zero-order chi connectivity index (χ0) is 13.0. The summed E-state index contributed by atoms with van der Waals surface area (Å²) in [5.41, 5.74) is 1.27. The van der Waals surface area contributed by atoms with Crippen molar-refractivity contribution in [3.63, 3.8) is 0 Å². The number of benzene rings is 1. The quantitative estimate of drug-likeness (QED) is 0.562. The molecule has 0 heterocycles. The number of halogens is 3. The van der Waals surface area contributed by atoms with Crippen LogP contribution in [0.15, 0.2) is 18.2 Å². The van der Waals surface area contributed by atoms with Gasteiger partial charge in [0.15, 0.2) is 0 Å². The fraction of sp³-hybridized carbons (Fsp3) is 0.600. The highest BCUT2D eigenvalue weighted by molar-refractivity contribution is 9.09. The number of hydrogen-bond donors (Lipinski definition) is 0. The average Bonchev–Trinajstić information content (AvgIpc) is 2.35. The van der Waals surface area contributed by atoms with Crippen molar-refractivity contribution in [2.45, 2.75) is 49.8 Å². The van der Waals surface area contributed by atoms with Gasteiger partial charge in [0.25, 0.3) is 0 Å². The Morgan fingerprint density at radius 2 is 1.83 bits per heavy atom. The molecule has 1 aliphatic carbocycles. The summed E-state index contributed by atoms with van der Waals surface area (Å²) in [4.78, 5) is 0.554. The first kappa shape index (κ1) is 14.7. The summed E-state index contributed by atoms with van der Waals surface area (Å²) in [5.74, 6) is 0.908. The molecule has 2 rings (SSSR count). The zero-order valence-electron chi connectivity index (χ0n) is 10.5. The van der Waals surface area contributed by atoms with Crippen LogP contribution < -0.4 is 0 Å². The predicted molar refractivity (Wildman–Crippen MR) is 84.1 cm³/mol. The van der Waals surface area contributed by atoms with Gasteiger partial charge < -0.3 is 0 Å². The van der Waals surface area contributed by atoms with E-state index in [9.17, 15) is 0 Å². The lowest BCUT2D eigenvalue weighted by Gasteiger charge is -2.24. The minimum Gasteiger partial charge on any atom is -0.0887 e. The standard InChI is InChI=1S/C15H19BrCl2/c16-13(8-11-4-2-1-3-5-11)9-12-6-7-14(17)15(18)10-12/h6-7,10-11,13H,1-5,8-9H2. The van der Waals surface area contributed by atoms with Crippen LogP contribution in [-0.4, -0.2) is 4.83 Å². The Bertz CT molecular complexity index is 386. The van der Waals surface area contributed by atoms with Crippen molar-refractivity contribution in [3.8, 4) is 0 Å². The van der Waals surface area contributed by atoms with Crippen LogP contribution in [0.25, 0.3) is 0 Å². The van der Waals surface area contributed by atoms with Gasteiger partial charge >= 0.3 is 0 Å². The highest BCUT2D eigenvalue weighted by atomic mass is 79.9. The van der Waals surface area contributed by atoms with E-state index >= 15 is 0 Å². The monoisotopic (exact) mass is 348 g/mol. The lowest BCUT2D eigenvalue weighted by atomic mass is 9.85. The van der Waals surface area contributed by atoms with Crippen molar-refractivity contribution in [2.24, 2.45) is 5.92 Å². The normalized spacial score (nSPS) is 18.8. The summed E-state index contributed by atoms with van der Waals surface area (Å²) >= 11 is 15.8. The Morgan fingerprint density at radius 3 is 2.50 bits per heavy atom. The molecule has 1 atom stereocenters. The molecule has 0 nitrogen and oxygen atoms in total. The van der Waals surface area contributed by atoms with E-state index in [2.05, 4.69) is 22.0 Å².